The van der Waals surface area contributed by atoms with Crippen molar-refractivity contribution in [2.24, 2.45) is 0 Å². The van der Waals surface area contributed by atoms with Gasteiger partial charge >= 0.3 is 0 Å². The van der Waals surface area contributed by atoms with Gasteiger partial charge in [0.2, 0.25) is 0 Å². The number of benzene rings is 2. The summed E-state index contributed by atoms with van der Waals surface area (Å²) in [5.41, 5.74) is 1.37. The monoisotopic (exact) mass is 282 g/mol. The third kappa shape index (κ3) is 4.06. The van der Waals surface area contributed by atoms with E-state index in [1.165, 1.54) is 5.56 Å². The van der Waals surface area contributed by atoms with E-state index in [2.05, 4.69) is 40.5 Å². The molecule has 2 aromatic rings. The lowest BCUT2D eigenvalue weighted by molar-refractivity contribution is 0.166. The predicted molar refractivity (Wildman–Crippen MR) is 85.6 cm³/mol. The highest BCUT2D eigenvalue weighted by Gasteiger charge is 2.20. The van der Waals surface area contributed by atoms with Crippen molar-refractivity contribution in [3.05, 3.63) is 66.2 Å². The van der Waals surface area contributed by atoms with Crippen LogP contribution in [-0.4, -0.2) is 37.7 Å². The van der Waals surface area contributed by atoms with E-state index in [1.54, 1.807) is 0 Å². The molecule has 110 valence electrons. The second kappa shape index (κ2) is 7.25. The van der Waals surface area contributed by atoms with E-state index in [1.807, 2.05) is 30.3 Å². The molecule has 1 heterocycles. The maximum Gasteiger partial charge on any atom is 0.119 e. The van der Waals surface area contributed by atoms with Crippen molar-refractivity contribution in [1.82, 2.24) is 10.2 Å². The molecule has 3 rings (SSSR count). The lowest BCUT2D eigenvalue weighted by Crippen LogP contribution is -2.46. The van der Waals surface area contributed by atoms with Crippen LogP contribution < -0.4 is 10.1 Å². The molecule has 1 atom stereocenters. The minimum absolute atomic E-state index is 0.427. The molecule has 2 aromatic carbocycles. The highest BCUT2D eigenvalue weighted by atomic mass is 16.5. The molecular weight excluding hydrogens is 260 g/mol. The number of hydrogen-bond acceptors (Lipinski definition) is 3. The van der Waals surface area contributed by atoms with E-state index in [9.17, 15) is 0 Å². The zero-order valence-corrected chi connectivity index (χ0v) is 12.2. The first-order valence-corrected chi connectivity index (χ1v) is 7.60. The van der Waals surface area contributed by atoms with Gasteiger partial charge < -0.3 is 10.1 Å². The van der Waals surface area contributed by atoms with Crippen LogP contribution in [0.25, 0.3) is 0 Å². The first-order chi connectivity index (χ1) is 10.4. The van der Waals surface area contributed by atoms with Gasteiger partial charge in [0.15, 0.2) is 0 Å². The summed E-state index contributed by atoms with van der Waals surface area (Å²) in [6.07, 6.45) is 0. The van der Waals surface area contributed by atoms with Crippen molar-refractivity contribution in [1.29, 1.82) is 0 Å². The molecule has 0 aliphatic carbocycles. The summed E-state index contributed by atoms with van der Waals surface area (Å²) in [4.78, 5) is 2.47. The van der Waals surface area contributed by atoms with Crippen molar-refractivity contribution in [3.63, 3.8) is 0 Å². The molecule has 3 heteroatoms. The number of nitrogens with one attached hydrogen (secondary N) is 1. The summed E-state index contributed by atoms with van der Waals surface area (Å²) in [7, 11) is 0. The molecule has 1 unspecified atom stereocenters. The van der Waals surface area contributed by atoms with Crippen LogP contribution in [0.15, 0.2) is 60.7 Å². The Bertz CT molecular complexity index is 529. The first kappa shape index (κ1) is 14.1. The van der Waals surface area contributed by atoms with Crippen LogP contribution in [0.3, 0.4) is 0 Å². The van der Waals surface area contributed by atoms with E-state index in [0.29, 0.717) is 6.04 Å². The Morgan fingerprint density at radius 2 is 1.71 bits per heavy atom. The maximum atomic E-state index is 5.79. The second-order valence-corrected chi connectivity index (χ2v) is 5.38. The van der Waals surface area contributed by atoms with Crippen LogP contribution in [-0.2, 0) is 0 Å². The summed E-state index contributed by atoms with van der Waals surface area (Å²) >= 11 is 0. The maximum absolute atomic E-state index is 5.79. The Morgan fingerprint density at radius 3 is 2.48 bits per heavy atom. The topological polar surface area (TPSA) is 24.5 Å². The van der Waals surface area contributed by atoms with Gasteiger partial charge in [0.05, 0.1) is 0 Å². The van der Waals surface area contributed by atoms with Crippen LogP contribution in [0.5, 0.6) is 5.75 Å². The van der Waals surface area contributed by atoms with Gasteiger partial charge in [-0.3, -0.25) is 4.90 Å². The van der Waals surface area contributed by atoms with E-state index in [-0.39, 0.29) is 0 Å². The van der Waals surface area contributed by atoms with E-state index >= 15 is 0 Å². The molecule has 1 aliphatic heterocycles. The minimum atomic E-state index is 0.427. The summed E-state index contributed by atoms with van der Waals surface area (Å²) < 4.78 is 5.79. The smallest absolute Gasteiger partial charge is 0.119 e. The molecule has 21 heavy (non-hydrogen) atoms. The Kier molecular flexibility index (Phi) is 4.87. The fraction of sp³-hybridized carbons (Fsp3) is 0.333. The minimum Gasteiger partial charge on any atom is -0.492 e. The van der Waals surface area contributed by atoms with Crippen LogP contribution in [0.1, 0.15) is 11.6 Å². The molecule has 0 spiro atoms. The van der Waals surface area contributed by atoms with Gasteiger partial charge in [-0.15, -0.1) is 0 Å². The van der Waals surface area contributed by atoms with Gasteiger partial charge in [0.1, 0.15) is 12.4 Å². The summed E-state index contributed by atoms with van der Waals surface area (Å²) in [6, 6.07) is 21.1. The Labute approximate surface area is 126 Å². The molecule has 1 N–H and O–H groups in total. The van der Waals surface area contributed by atoms with Crippen LogP contribution in [0, 0.1) is 0 Å². The van der Waals surface area contributed by atoms with Gasteiger partial charge in [-0.2, -0.15) is 0 Å². The van der Waals surface area contributed by atoms with E-state index < -0.39 is 0 Å². The molecule has 0 aromatic heterocycles. The summed E-state index contributed by atoms with van der Waals surface area (Å²) in [5, 5.41) is 3.59. The predicted octanol–water partition coefficient (Wildman–Crippen LogP) is 2.71. The molecule has 0 amide bonds. The number of para-hydroxylation sites is 1. The van der Waals surface area contributed by atoms with Crippen LogP contribution in [0.2, 0.25) is 0 Å². The Morgan fingerprint density at radius 1 is 1.00 bits per heavy atom. The largest absolute Gasteiger partial charge is 0.492 e. The fourth-order valence-corrected chi connectivity index (χ4v) is 2.73. The van der Waals surface area contributed by atoms with Crippen molar-refractivity contribution in [2.75, 3.05) is 32.8 Å². The average Bonchev–Trinajstić information content (AvgIpc) is 2.57. The van der Waals surface area contributed by atoms with Gasteiger partial charge in [0, 0.05) is 32.2 Å². The van der Waals surface area contributed by atoms with Gasteiger partial charge in [-0.05, 0) is 17.7 Å². The quantitative estimate of drug-likeness (QED) is 0.912. The highest BCUT2D eigenvalue weighted by molar-refractivity contribution is 5.21. The number of ether oxygens (including phenoxy) is 1. The fourth-order valence-electron chi connectivity index (χ4n) is 2.73. The SMILES string of the molecule is c1ccc(OCCN2CCNC(c3ccccc3)C2)cc1. The summed E-state index contributed by atoms with van der Waals surface area (Å²) in [5.74, 6) is 0.951. The van der Waals surface area contributed by atoms with E-state index in [4.69, 9.17) is 4.74 Å². The van der Waals surface area contributed by atoms with Crippen molar-refractivity contribution in [2.45, 2.75) is 6.04 Å². The average molecular weight is 282 g/mol. The number of nitrogens with zero attached hydrogens (tertiary/aromatic N) is 1. The highest BCUT2D eigenvalue weighted by Crippen LogP contribution is 2.16. The Balaban J connectivity index is 1.48. The zero-order valence-electron chi connectivity index (χ0n) is 12.2. The van der Waals surface area contributed by atoms with Gasteiger partial charge in [-0.25, -0.2) is 0 Å². The second-order valence-electron chi connectivity index (χ2n) is 5.38. The molecule has 0 saturated carbocycles. The third-order valence-electron chi connectivity index (χ3n) is 3.88. The summed E-state index contributed by atoms with van der Waals surface area (Å²) in [6.45, 7) is 4.87. The molecule has 1 aliphatic rings. The number of hydrogen-bond donors (Lipinski definition) is 1. The molecule has 0 bridgehead atoms. The van der Waals surface area contributed by atoms with Gasteiger partial charge in [-0.1, -0.05) is 48.5 Å². The number of rotatable bonds is 5. The lowest BCUT2D eigenvalue weighted by Gasteiger charge is -2.33. The third-order valence-corrected chi connectivity index (χ3v) is 3.88. The van der Waals surface area contributed by atoms with Crippen molar-refractivity contribution < 1.29 is 4.74 Å². The normalized spacial score (nSPS) is 19.3. The Hall–Kier alpha value is -1.84. The standard InChI is InChI=1S/C18H22N2O/c1-3-7-16(8-4-1)18-15-20(12-11-19-18)13-14-21-17-9-5-2-6-10-17/h1-10,18-19H,11-15H2. The van der Waals surface area contributed by atoms with Crippen LogP contribution in [0.4, 0.5) is 0 Å². The molecule has 3 nitrogen and oxygen atoms in total. The zero-order chi connectivity index (χ0) is 14.3. The molecule has 1 saturated heterocycles. The van der Waals surface area contributed by atoms with Crippen molar-refractivity contribution >= 4 is 0 Å². The number of piperazine rings is 1. The lowest BCUT2D eigenvalue weighted by atomic mass is 10.0. The first-order valence-electron chi connectivity index (χ1n) is 7.60. The molecular formula is C18H22N2O. The van der Waals surface area contributed by atoms with E-state index in [0.717, 1.165) is 38.5 Å². The van der Waals surface area contributed by atoms with Crippen molar-refractivity contribution in [3.8, 4) is 5.75 Å². The molecule has 0 radical (unpaired) electrons. The van der Waals surface area contributed by atoms with Crippen LogP contribution >= 0.6 is 0 Å². The molecule has 1 fully saturated rings. The van der Waals surface area contributed by atoms with Gasteiger partial charge in [0.25, 0.3) is 0 Å².